The summed E-state index contributed by atoms with van der Waals surface area (Å²) in [7, 11) is -19.5. The average Bonchev–Trinajstić information content (AvgIpc) is 3.25. The number of hydrogen-bond donors (Lipinski definition) is 0. The van der Waals surface area contributed by atoms with Crippen molar-refractivity contribution in [2.45, 2.75) is 72.4 Å². The quantitative estimate of drug-likeness (QED) is 0.192. The molecule has 0 N–H and O–H groups in total. The van der Waals surface area contributed by atoms with Crippen molar-refractivity contribution >= 4 is 86.7 Å². The minimum Gasteiger partial charge on any atom is -0.747 e. The van der Waals surface area contributed by atoms with Crippen LogP contribution in [-0.4, -0.2) is 117 Å². The fourth-order valence-electron chi connectivity index (χ4n) is 7.57. The standard InChI is InChI=1S/4C11H10O5S.Cr.Na/c4*1-11(17(14,15)16)6-9(12)7-4-2-3-5-8(7)10(11)13;;/h4*2-5H,6H2,1H3,(H,14,15,16);;/q;;;;+3;+1/p-4. The number of Topliss-reactive ketones (excluding diaryl/α,β-unsaturated/α-hetero) is 8. The third-order valence-electron chi connectivity index (χ3n) is 12.0. The third kappa shape index (κ3) is 10.8. The van der Waals surface area contributed by atoms with E-state index in [1.807, 2.05) is 0 Å². The maximum absolute atomic E-state index is 12.0. The van der Waals surface area contributed by atoms with Crippen molar-refractivity contribution in [3.05, 3.63) is 142 Å². The van der Waals surface area contributed by atoms with E-state index in [1.54, 1.807) is 24.3 Å². The molecule has 0 aromatic heterocycles. The Morgan fingerprint density at radius 2 is 0.443 bits per heavy atom. The SMILES string of the molecule is CC1(S(=O)(=O)[O-])CC(=O)c2ccccc2C1=O.CC1(S(=O)(=O)[O-])CC(=O)c2ccccc2C1=O.CC1(S(=O)(=O)[O-])CC(=O)c2ccccc2C1=O.CC1(S(=O)(=O)[O-])CC(=O)c2ccccc2C1=O.[Cr+3].[Na+]. The fourth-order valence-corrected chi connectivity index (χ4v) is 10.2. The van der Waals surface area contributed by atoms with E-state index in [4.69, 9.17) is 0 Å². The summed E-state index contributed by atoms with van der Waals surface area (Å²) in [6, 6.07) is 23.7. The van der Waals surface area contributed by atoms with Gasteiger partial charge < -0.3 is 18.2 Å². The molecule has 20 nitrogen and oxygen atoms in total. The van der Waals surface area contributed by atoms with Crippen LogP contribution in [0.25, 0.3) is 0 Å². The number of carbonyl (C=O) groups excluding carboxylic acids is 8. The summed E-state index contributed by atoms with van der Waals surface area (Å²) in [5.74, 6) is -5.20. The summed E-state index contributed by atoms with van der Waals surface area (Å²) in [6.07, 6.45) is -2.35. The first kappa shape index (κ1) is 59.7. The van der Waals surface area contributed by atoms with Gasteiger partial charge in [0.15, 0.2) is 46.3 Å². The molecule has 4 aromatic carbocycles. The molecule has 4 unspecified atom stereocenters. The minimum atomic E-state index is -4.87. The maximum Gasteiger partial charge on any atom is 3.00 e. The van der Waals surface area contributed by atoms with Crippen molar-refractivity contribution in [1.82, 2.24) is 0 Å². The van der Waals surface area contributed by atoms with E-state index in [-0.39, 0.29) is 91.4 Å². The van der Waals surface area contributed by atoms with Crippen LogP contribution in [-0.2, 0) is 57.8 Å². The molecule has 0 spiro atoms. The average molecular weight is 1090 g/mol. The Bertz CT molecular complexity index is 2930. The zero-order chi connectivity index (χ0) is 51.4. The molecule has 0 heterocycles. The van der Waals surface area contributed by atoms with Gasteiger partial charge in [0, 0.05) is 70.2 Å². The van der Waals surface area contributed by atoms with Gasteiger partial charge in [0.05, 0.1) is 0 Å². The van der Waals surface area contributed by atoms with Gasteiger partial charge in [0.1, 0.15) is 59.5 Å². The second-order valence-electron chi connectivity index (χ2n) is 16.6. The van der Waals surface area contributed by atoms with E-state index in [1.165, 1.54) is 72.8 Å². The van der Waals surface area contributed by atoms with Crippen molar-refractivity contribution in [2.75, 3.05) is 0 Å². The van der Waals surface area contributed by atoms with Gasteiger partial charge in [-0.3, -0.25) is 38.4 Å². The Hall–Kier alpha value is -4.59. The van der Waals surface area contributed by atoms with E-state index in [0.717, 1.165) is 27.7 Å². The Labute approximate surface area is 434 Å². The van der Waals surface area contributed by atoms with Crippen LogP contribution in [0.2, 0.25) is 0 Å². The molecule has 0 fully saturated rings. The number of rotatable bonds is 4. The van der Waals surface area contributed by atoms with E-state index >= 15 is 0 Å². The molecule has 0 saturated carbocycles. The molecule has 4 aliphatic carbocycles. The van der Waals surface area contributed by atoms with Gasteiger partial charge in [-0.25, -0.2) is 33.7 Å². The Kier molecular flexibility index (Phi) is 17.8. The Balaban J connectivity index is 0.000000245. The van der Waals surface area contributed by atoms with Crippen LogP contribution in [0.1, 0.15) is 136 Å². The minimum absolute atomic E-state index is 0. The molecule has 363 valence electrons. The number of ketones is 8. The summed E-state index contributed by atoms with van der Waals surface area (Å²) >= 11 is 0. The van der Waals surface area contributed by atoms with Gasteiger partial charge in [0.2, 0.25) is 0 Å². The molecule has 0 amide bonds. The molecular weight excluding hydrogens is 1050 g/mol. The fraction of sp³-hybridized carbons (Fsp3) is 0.273. The smallest absolute Gasteiger partial charge is 0.747 e. The van der Waals surface area contributed by atoms with Gasteiger partial charge in [0.25, 0.3) is 0 Å². The van der Waals surface area contributed by atoms with Gasteiger partial charge >= 0.3 is 46.9 Å². The van der Waals surface area contributed by atoms with Crippen LogP contribution < -0.4 is 29.6 Å². The van der Waals surface area contributed by atoms with Crippen molar-refractivity contribution in [1.29, 1.82) is 0 Å². The van der Waals surface area contributed by atoms with Crippen molar-refractivity contribution in [3.8, 4) is 0 Å². The molecule has 1 radical (unpaired) electrons. The van der Waals surface area contributed by atoms with Crippen LogP contribution in [0.15, 0.2) is 97.1 Å². The van der Waals surface area contributed by atoms with E-state index in [2.05, 4.69) is 0 Å². The maximum atomic E-state index is 12.0. The summed E-state index contributed by atoms with van der Waals surface area (Å²) in [6.45, 7) is 4.02. The van der Waals surface area contributed by atoms with Crippen LogP contribution in [0, 0.1) is 0 Å². The molecule has 8 rings (SSSR count). The zero-order valence-corrected chi connectivity index (χ0v) is 43.8. The first-order valence-electron chi connectivity index (χ1n) is 19.6. The van der Waals surface area contributed by atoms with Gasteiger partial charge in [-0.05, 0) is 27.7 Å². The predicted octanol–water partition coefficient (Wildman–Crippen LogP) is 0.0399. The number of fused-ring (bicyclic) bond motifs is 4. The molecule has 70 heavy (non-hydrogen) atoms. The van der Waals surface area contributed by atoms with Crippen LogP contribution in [0.3, 0.4) is 0 Å². The first-order chi connectivity index (χ1) is 31.1. The second kappa shape index (κ2) is 20.9. The molecule has 26 heteroatoms. The van der Waals surface area contributed by atoms with Crippen LogP contribution in [0.5, 0.6) is 0 Å². The summed E-state index contributed by atoms with van der Waals surface area (Å²) in [5, 5.41) is 0. The molecule has 0 bridgehead atoms. The van der Waals surface area contributed by atoms with Gasteiger partial charge in [-0.1, -0.05) is 97.1 Å². The zero-order valence-electron chi connectivity index (χ0n) is 37.3. The number of hydrogen-bond acceptors (Lipinski definition) is 20. The van der Waals surface area contributed by atoms with Crippen molar-refractivity contribution < 1.29 is 137 Å². The number of carbonyl (C=O) groups is 8. The molecule has 0 aliphatic heterocycles. The first-order valence-corrected chi connectivity index (χ1v) is 25.2. The molecule has 0 saturated heterocycles. The third-order valence-corrected chi connectivity index (χ3v) is 17.7. The van der Waals surface area contributed by atoms with Gasteiger partial charge in [-0.15, -0.1) is 0 Å². The van der Waals surface area contributed by atoms with E-state index < -0.39 is 131 Å². The summed E-state index contributed by atoms with van der Waals surface area (Å²) in [5.41, 5.74) is 0.738. The van der Waals surface area contributed by atoms with Crippen LogP contribution >= 0.6 is 0 Å². The summed E-state index contributed by atoms with van der Waals surface area (Å²) in [4.78, 5) is 94.9. The van der Waals surface area contributed by atoms with E-state index in [0.29, 0.717) is 0 Å². The Morgan fingerprint density at radius 3 is 0.571 bits per heavy atom. The van der Waals surface area contributed by atoms with Crippen molar-refractivity contribution in [2.24, 2.45) is 0 Å². The van der Waals surface area contributed by atoms with Crippen LogP contribution in [0.4, 0.5) is 0 Å². The second-order valence-corrected chi connectivity index (χ2v) is 23.9. The topological polar surface area (TPSA) is 365 Å². The Morgan fingerprint density at radius 1 is 0.314 bits per heavy atom. The van der Waals surface area contributed by atoms with Crippen molar-refractivity contribution in [3.63, 3.8) is 0 Å². The molecule has 4 aromatic rings. The monoisotopic (exact) mass is 1090 g/mol. The summed E-state index contributed by atoms with van der Waals surface area (Å²) < 4.78 is 125. The molecular formula is C44H36CrNaO20S4. The number of benzene rings is 4. The molecule has 4 aliphatic rings. The van der Waals surface area contributed by atoms with Gasteiger partial charge in [-0.2, -0.15) is 0 Å². The predicted molar refractivity (Wildman–Crippen MR) is 231 cm³/mol. The normalized spacial score (nSPS) is 23.9. The molecule has 4 atom stereocenters. The largest absolute Gasteiger partial charge is 3.00 e. The van der Waals surface area contributed by atoms with E-state index in [9.17, 15) is 90.2 Å².